The SMILES string of the molecule is C[C@H](N)C(=O)N[C@H]1[C@H](O)[C@H](O)[C@H](CO)O[C@@H]1O. The van der Waals surface area contributed by atoms with Crippen LogP contribution in [0, 0.1) is 0 Å². The quantitative estimate of drug-likeness (QED) is 0.302. The summed E-state index contributed by atoms with van der Waals surface area (Å²) in [6, 6.07) is -2.01. The topological polar surface area (TPSA) is 145 Å². The molecule has 7 N–H and O–H groups in total. The molecule has 1 aliphatic rings. The van der Waals surface area contributed by atoms with E-state index >= 15 is 0 Å². The normalized spacial score (nSPS) is 39.8. The highest BCUT2D eigenvalue weighted by molar-refractivity contribution is 5.81. The zero-order valence-corrected chi connectivity index (χ0v) is 9.35. The van der Waals surface area contributed by atoms with Crippen molar-refractivity contribution in [2.24, 2.45) is 5.73 Å². The Morgan fingerprint density at radius 1 is 1.41 bits per heavy atom. The summed E-state index contributed by atoms with van der Waals surface area (Å²) in [7, 11) is 0. The van der Waals surface area contributed by atoms with Crippen molar-refractivity contribution in [3.8, 4) is 0 Å². The summed E-state index contributed by atoms with van der Waals surface area (Å²) < 4.78 is 4.85. The van der Waals surface area contributed by atoms with Gasteiger partial charge in [0.05, 0.1) is 12.6 Å². The second kappa shape index (κ2) is 5.71. The maximum absolute atomic E-state index is 11.3. The van der Waals surface area contributed by atoms with Gasteiger partial charge in [0.25, 0.3) is 0 Å². The molecule has 0 saturated carbocycles. The molecule has 8 nitrogen and oxygen atoms in total. The van der Waals surface area contributed by atoms with Gasteiger partial charge in [-0.2, -0.15) is 0 Å². The van der Waals surface area contributed by atoms with Gasteiger partial charge in [0, 0.05) is 0 Å². The van der Waals surface area contributed by atoms with Crippen LogP contribution in [0.1, 0.15) is 6.92 Å². The van der Waals surface area contributed by atoms with Crippen LogP contribution in [0.25, 0.3) is 0 Å². The number of ether oxygens (including phenoxy) is 1. The molecule has 1 fully saturated rings. The molecule has 1 saturated heterocycles. The Hall–Kier alpha value is -0.770. The number of aliphatic hydroxyl groups excluding tert-OH is 4. The first-order valence-electron chi connectivity index (χ1n) is 5.25. The van der Waals surface area contributed by atoms with Gasteiger partial charge in [-0.1, -0.05) is 0 Å². The number of nitrogens with two attached hydrogens (primary N) is 1. The third-order valence-corrected chi connectivity index (χ3v) is 2.62. The first-order chi connectivity index (χ1) is 7.88. The molecule has 17 heavy (non-hydrogen) atoms. The van der Waals surface area contributed by atoms with Gasteiger partial charge in [-0.25, -0.2) is 0 Å². The van der Waals surface area contributed by atoms with E-state index in [0.717, 1.165) is 0 Å². The number of rotatable bonds is 3. The van der Waals surface area contributed by atoms with Crippen LogP contribution in [0.3, 0.4) is 0 Å². The average molecular weight is 250 g/mol. The lowest BCUT2D eigenvalue weighted by Crippen LogP contribution is -2.65. The van der Waals surface area contributed by atoms with E-state index in [-0.39, 0.29) is 0 Å². The van der Waals surface area contributed by atoms with Crippen molar-refractivity contribution in [1.82, 2.24) is 5.32 Å². The number of carbonyl (C=O) groups is 1. The molecule has 1 heterocycles. The van der Waals surface area contributed by atoms with Crippen molar-refractivity contribution in [2.75, 3.05) is 6.61 Å². The molecule has 0 aromatic heterocycles. The fourth-order valence-corrected chi connectivity index (χ4v) is 1.55. The van der Waals surface area contributed by atoms with Gasteiger partial charge in [-0.15, -0.1) is 0 Å². The second-order valence-electron chi connectivity index (χ2n) is 4.05. The first kappa shape index (κ1) is 14.3. The Balaban J connectivity index is 2.69. The van der Waals surface area contributed by atoms with Crippen LogP contribution in [0.4, 0.5) is 0 Å². The fraction of sp³-hybridized carbons (Fsp3) is 0.889. The minimum atomic E-state index is -1.52. The smallest absolute Gasteiger partial charge is 0.237 e. The van der Waals surface area contributed by atoms with E-state index in [1.54, 1.807) is 0 Å². The second-order valence-corrected chi connectivity index (χ2v) is 4.05. The fourth-order valence-electron chi connectivity index (χ4n) is 1.55. The van der Waals surface area contributed by atoms with E-state index in [1.807, 2.05) is 0 Å². The third kappa shape index (κ3) is 3.12. The summed E-state index contributed by atoms with van der Waals surface area (Å²) in [5, 5.41) is 39.9. The van der Waals surface area contributed by atoms with E-state index in [9.17, 15) is 20.1 Å². The van der Waals surface area contributed by atoms with Crippen LogP contribution in [0.15, 0.2) is 0 Å². The summed E-state index contributed by atoms with van der Waals surface area (Å²) in [5.41, 5.74) is 5.31. The number of amides is 1. The Morgan fingerprint density at radius 3 is 2.47 bits per heavy atom. The molecular formula is C9H18N2O6. The lowest BCUT2D eigenvalue weighted by Gasteiger charge is -2.40. The molecule has 1 amide bonds. The molecule has 1 aliphatic heterocycles. The zero-order valence-electron chi connectivity index (χ0n) is 9.35. The van der Waals surface area contributed by atoms with Gasteiger partial charge in [0.1, 0.15) is 24.4 Å². The van der Waals surface area contributed by atoms with Gasteiger partial charge in [0.2, 0.25) is 5.91 Å². The van der Waals surface area contributed by atoms with E-state index in [4.69, 9.17) is 15.6 Å². The molecule has 6 atom stereocenters. The van der Waals surface area contributed by atoms with Crippen molar-refractivity contribution in [3.63, 3.8) is 0 Å². The van der Waals surface area contributed by atoms with Gasteiger partial charge in [0.15, 0.2) is 6.29 Å². The molecule has 8 heteroatoms. The monoisotopic (exact) mass is 250 g/mol. The van der Waals surface area contributed by atoms with Crippen LogP contribution in [-0.2, 0) is 9.53 Å². The predicted molar refractivity (Wildman–Crippen MR) is 55.6 cm³/mol. The minimum absolute atomic E-state index is 0.552. The highest BCUT2D eigenvalue weighted by atomic mass is 16.6. The molecule has 0 aliphatic carbocycles. The summed E-state index contributed by atoms with van der Waals surface area (Å²) in [5.74, 6) is -0.591. The van der Waals surface area contributed by atoms with Crippen molar-refractivity contribution in [1.29, 1.82) is 0 Å². The maximum atomic E-state index is 11.3. The van der Waals surface area contributed by atoms with Gasteiger partial charge < -0.3 is 36.2 Å². The molecular weight excluding hydrogens is 232 g/mol. The molecule has 0 bridgehead atoms. The summed E-state index contributed by atoms with van der Waals surface area (Å²) in [4.78, 5) is 11.3. The molecule has 100 valence electrons. The molecule has 0 aromatic carbocycles. The van der Waals surface area contributed by atoms with E-state index in [1.165, 1.54) is 6.92 Å². The van der Waals surface area contributed by atoms with E-state index in [2.05, 4.69) is 5.32 Å². The Bertz CT molecular complexity index is 274. The molecule has 0 unspecified atom stereocenters. The van der Waals surface area contributed by atoms with Crippen LogP contribution in [-0.4, -0.2) is 69.6 Å². The number of hydrogen-bond acceptors (Lipinski definition) is 7. The largest absolute Gasteiger partial charge is 0.394 e. The predicted octanol–water partition coefficient (Wildman–Crippen LogP) is -3.75. The van der Waals surface area contributed by atoms with Crippen molar-refractivity contribution in [3.05, 3.63) is 0 Å². The molecule has 0 radical (unpaired) electrons. The number of nitrogens with one attached hydrogen (secondary N) is 1. The number of carbonyl (C=O) groups excluding carboxylic acids is 1. The Kier molecular flexibility index (Phi) is 4.80. The highest BCUT2D eigenvalue weighted by Gasteiger charge is 2.44. The standard InChI is InChI=1S/C9H18N2O6/c1-3(10)8(15)11-5-7(14)6(13)4(2-12)17-9(5)16/h3-7,9,12-14,16H,2,10H2,1H3,(H,11,15)/t3-,4-,5-,6+,7-,9-/m0/s1. The van der Waals surface area contributed by atoms with Crippen LogP contribution in [0.2, 0.25) is 0 Å². The van der Waals surface area contributed by atoms with Crippen molar-refractivity contribution in [2.45, 2.75) is 43.6 Å². The lowest BCUT2D eigenvalue weighted by molar-refractivity contribution is -0.253. The number of aliphatic hydroxyl groups is 4. The molecule has 0 aromatic rings. The summed E-state index contributed by atoms with van der Waals surface area (Å²) in [6.07, 6.45) is -5.46. The van der Waals surface area contributed by atoms with Crippen molar-refractivity contribution < 1.29 is 30.0 Å². The maximum Gasteiger partial charge on any atom is 0.237 e. The van der Waals surface area contributed by atoms with Crippen LogP contribution in [0.5, 0.6) is 0 Å². The van der Waals surface area contributed by atoms with E-state index < -0.39 is 49.2 Å². The first-order valence-corrected chi connectivity index (χ1v) is 5.25. The average Bonchev–Trinajstić information content (AvgIpc) is 2.28. The minimum Gasteiger partial charge on any atom is -0.394 e. The van der Waals surface area contributed by atoms with Gasteiger partial charge in [-0.3, -0.25) is 4.79 Å². The third-order valence-electron chi connectivity index (χ3n) is 2.62. The zero-order chi connectivity index (χ0) is 13.2. The highest BCUT2D eigenvalue weighted by Crippen LogP contribution is 2.19. The molecule has 1 rings (SSSR count). The Labute approximate surface area is 98.0 Å². The van der Waals surface area contributed by atoms with Gasteiger partial charge in [-0.05, 0) is 6.92 Å². The molecule has 0 spiro atoms. The van der Waals surface area contributed by atoms with E-state index in [0.29, 0.717) is 0 Å². The van der Waals surface area contributed by atoms with Crippen molar-refractivity contribution >= 4 is 5.91 Å². The van der Waals surface area contributed by atoms with Gasteiger partial charge >= 0.3 is 0 Å². The number of hydrogen-bond donors (Lipinski definition) is 6. The van der Waals surface area contributed by atoms with Crippen LogP contribution >= 0.6 is 0 Å². The Morgan fingerprint density at radius 2 is 2.00 bits per heavy atom. The summed E-state index contributed by atoms with van der Waals surface area (Å²) in [6.45, 7) is 0.883. The lowest BCUT2D eigenvalue weighted by atomic mass is 9.97. The summed E-state index contributed by atoms with van der Waals surface area (Å²) >= 11 is 0. The van der Waals surface area contributed by atoms with Crippen LogP contribution < -0.4 is 11.1 Å².